The molecule has 48 heavy (non-hydrogen) atoms. The third kappa shape index (κ3) is 6.00. The Bertz CT molecular complexity index is 2180. The van der Waals surface area contributed by atoms with E-state index < -0.39 is 5.82 Å². The van der Waals surface area contributed by atoms with Crippen LogP contribution in [0.2, 0.25) is 0 Å². The molecule has 7 rings (SSSR count). The van der Waals surface area contributed by atoms with Crippen LogP contribution in [0.25, 0.3) is 21.2 Å². The van der Waals surface area contributed by atoms with Crippen molar-refractivity contribution in [2.24, 2.45) is 0 Å². The summed E-state index contributed by atoms with van der Waals surface area (Å²) in [6, 6.07) is 32.2. The third-order valence-electron chi connectivity index (χ3n) is 8.66. The van der Waals surface area contributed by atoms with E-state index in [1.165, 1.54) is 17.4 Å². The maximum Gasteiger partial charge on any atom is 0.276 e. The molecule has 240 valence electrons. The van der Waals surface area contributed by atoms with Gasteiger partial charge in [0.15, 0.2) is 0 Å². The van der Waals surface area contributed by atoms with Crippen molar-refractivity contribution in [1.82, 2.24) is 4.98 Å². The minimum atomic E-state index is -0.472. The first-order valence-corrected chi connectivity index (χ1v) is 16.5. The number of rotatable bonds is 7. The van der Waals surface area contributed by atoms with Crippen molar-refractivity contribution in [2.75, 3.05) is 35.8 Å². The molecule has 0 aliphatic carbocycles. The Morgan fingerprint density at radius 2 is 1.75 bits per heavy atom. The molecule has 0 radical (unpaired) electrons. The lowest BCUT2D eigenvalue weighted by atomic mass is 10.1. The van der Waals surface area contributed by atoms with E-state index in [4.69, 9.17) is 9.72 Å². The predicted molar refractivity (Wildman–Crippen MR) is 191 cm³/mol. The van der Waals surface area contributed by atoms with Gasteiger partial charge >= 0.3 is 0 Å². The number of nitrogens with one attached hydrogen (secondary N) is 1. The average Bonchev–Trinajstić information content (AvgIpc) is 3.47. The number of thiophene rings is 1. The molecule has 3 heterocycles. The molecule has 1 N–H and O–H groups in total. The highest BCUT2D eigenvalue weighted by Gasteiger charge is 2.28. The number of pyridine rings is 1. The summed E-state index contributed by atoms with van der Waals surface area (Å²) in [7, 11) is 3.63. The van der Waals surface area contributed by atoms with E-state index in [2.05, 4.69) is 29.6 Å². The fourth-order valence-electron chi connectivity index (χ4n) is 6.13. The number of hydrogen-bond acceptors (Lipinski definition) is 6. The molecular formula is C39H33FN4O3S. The quantitative estimate of drug-likeness (QED) is 0.187. The van der Waals surface area contributed by atoms with Gasteiger partial charge in [0.1, 0.15) is 23.1 Å². The standard InChI is InChI=1S/C39H33FN4O3S/c1-24-8-6-10-31(40)36(24)42-38(45)34-22-28-18-19-44(33-12-5-4-9-30(33)37(28)48-34)39(46)32-11-7-13-35(41-32)43(2)23-25-14-15-27-21-29(47-3)17-16-26(27)20-25/h4-17,20-22H,18-19,23H2,1-3H3,(H,42,45). The van der Waals surface area contributed by atoms with Crippen LogP contribution in [0.1, 0.15) is 36.9 Å². The second-order valence-corrected chi connectivity index (χ2v) is 12.9. The van der Waals surface area contributed by atoms with Crippen molar-refractivity contribution in [3.63, 3.8) is 0 Å². The molecule has 2 aromatic heterocycles. The number of para-hydroxylation sites is 2. The van der Waals surface area contributed by atoms with Gasteiger partial charge in [-0.1, -0.05) is 54.6 Å². The highest BCUT2D eigenvalue weighted by atomic mass is 32.1. The number of methoxy groups -OCH3 is 1. The Morgan fingerprint density at radius 1 is 0.958 bits per heavy atom. The Kier molecular flexibility index (Phi) is 8.37. The smallest absolute Gasteiger partial charge is 0.276 e. The lowest BCUT2D eigenvalue weighted by Crippen LogP contribution is -2.33. The SMILES string of the molecule is COc1ccc2cc(CN(C)c3cccc(C(=O)N4CCc5cc(C(=O)Nc6c(C)cccc6F)sc5-c5ccccc54)n3)ccc2c1. The third-order valence-corrected chi connectivity index (χ3v) is 9.87. The molecule has 1 aliphatic heterocycles. The van der Waals surface area contributed by atoms with Crippen LogP contribution in [0.3, 0.4) is 0 Å². The van der Waals surface area contributed by atoms with Crippen LogP contribution in [0.5, 0.6) is 5.75 Å². The number of anilines is 3. The summed E-state index contributed by atoms with van der Waals surface area (Å²) in [5.74, 6) is 0.490. The fraction of sp³-hybridized carbons (Fsp3) is 0.154. The van der Waals surface area contributed by atoms with Crippen molar-refractivity contribution in [3.8, 4) is 16.2 Å². The number of carbonyl (C=O) groups is 2. The Hall–Kier alpha value is -5.54. The molecule has 0 bridgehead atoms. The van der Waals surface area contributed by atoms with Gasteiger partial charge in [0.25, 0.3) is 11.8 Å². The van der Waals surface area contributed by atoms with Crippen LogP contribution in [0, 0.1) is 12.7 Å². The second kappa shape index (κ2) is 12.9. The number of hydrogen-bond donors (Lipinski definition) is 1. The first-order valence-electron chi connectivity index (χ1n) is 15.6. The monoisotopic (exact) mass is 656 g/mol. The molecule has 7 nitrogen and oxygen atoms in total. The number of carbonyl (C=O) groups excluding carboxylic acids is 2. The summed E-state index contributed by atoms with van der Waals surface area (Å²) < 4.78 is 19.8. The molecule has 9 heteroatoms. The predicted octanol–water partition coefficient (Wildman–Crippen LogP) is 8.51. The van der Waals surface area contributed by atoms with Gasteiger partial charge in [-0.15, -0.1) is 11.3 Å². The normalized spacial score (nSPS) is 12.2. The molecule has 6 aromatic rings. The van der Waals surface area contributed by atoms with Crippen LogP contribution in [0.15, 0.2) is 103 Å². The number of amides is 2. The summed E-state index contributed by atoms with van der Waals surface area (Å²) >= 11 is 1.35. The van der Waals surface area contributed by atoms with Gasteiger partial charge in [-0.05, 0) is 89.3 Å². The van der Waals surface area contributed by atoms with Crippen molar-refractivity contribution in [1.29, 1.82) is 0 Å². The molecule has 1 aliphatic rings. The van der Waals surface area contributed by atoms with E-state index >= 15 is 0 Å². The topological polar surface area (TPSA) is 74.8 Å². The summed E-state index contributed by atoms with van der Waals surface area (Å²) in [5.41, 5.74) is 4.90. The van der Waals surface area contributed by atoms with Crippen molar-refractivity contribution < 1.29 is 18.7 Å². The molecule has 0 spiro atoms. The largest absolute Gasteiger partial charge is 0.497 e. The minimum absolute atomic E-state index is 0.182. The van der Waals surface area contributed by atoms with Crippen LogP contribution in [-0.4, -0.2) is 37.5 Å². The first kappa shape index (κ1) is 31.1. The van der Waals surface area contributed by atoms with Gasteiger partial charge in [-0.25, -0.2) is 9.37 Å². The molecule has 0 saturated carbocycles. The van der Waals surface area contributed by atoms with Gasteiger partial charge in [-0.2, -0.15) is 0 Å². The number of ether oxygens (including phenoxy) is 1. The number of benzene rings is 4. The minimum Gasteiger partial charge on any atom is -0.497 e. The van der Waals surface area contributed by atoms with Crippen molar-refractivity contribution >= 4 is 51.1 Å². The number of nitrogens with zero attached hydrogens (tertiary/aromatic N) is 3. The first-order chi connectivity index (χ1) is 23.3. The number of aryl methyl sites for hydroxylation is 1. The van der Waals surface area contributed by atoms with E-state index in [-0.39, 0.29) is 17.5 Å². The van der Waals surface area contributed by atoms with Crippen LogP contribution >= 0.6 is 11.3 Å². The van der Waals surface area contributed by atoms with Gasteiger partial charge < -0.3 is 19.9 Å². The molecular weight excluding hydrogens is 624 g/mol. The van der Waals surface area contributed by atoms with Crippen LogP contribution < -0.4 is 19.9 Å². The lowest BCUT2D eigenvalue weighted by Gasteiger charge is -2.24. The highest BCUT2D eigenvalue weighted by Crippen LogP contribution is 2.42. The van der Waals surface area contributed by atoms with Gasteiger partial charge in [-0.3, -0.25) is 9.59 Å². The molecule has 2 amide bonds. The zero-order chi connectivity index (χ0) is 33.4. The maximum atomic E-state index is 14.4. The molecule has 0 fully saturated rings. The molecule has 4 aromatic carbocycles. The van der Waals surface area contributed by atoms with E-state index in [0.717, 1.165) is 43.8 Å². The van der Waals surface area contributed by atoms with Gasteiger partial charge in [0.05, 0.1) is 23.4 Å². The molecule has 0 unspecified atom stereocenters. The maximum absolute atomic E-state index is 14.4. The summed E-state index contributed by atoms with van der Waals surface area (Å²) in [6.45, 7) is 2.79. The highest BCUT2D eigenvalue weighted by molar-refractivity contribution is 7.17. The summed E-state index contributed by atoms with van der Waals surface area (Å²) in [4.78, 5) is 37.3. The molecule has 0 atom stereocenters. The van der Waals surface area contributed by atoms with Gasteiger partial charge in [0.2, 0.25) is 0 Å². The van der Waals surface area contributed by atoms with E-state index in [1.807, 2.05) is 66.5 Å². The van der Waals surface area contributed by atoms with Crippen LogP contribution in [0.4, 0.5) is 21.6 Å². The van der Waals surface area contributed by atoms with E-state index in [9.17, 15) is 14.0 Å². The zero-order valence-electron chi connectivity index (χ0n) is 26.8. The fourth-order valence-corrected chi connectivity index (χ4v) is 7.27. The van der Waals surface area contributed by atoms with E-state index in [1.54, 1.807) is 37.1 Å². The number of aromatic nitrogens is 1. The van der Waals surface area contributed by atoms with Crippen LogP contribution in [-0.2, 0) is 13.0 Å². The van der Waals surface area contributed by atoms with Crippen molar-refractivity contribution in [3.05, 3.63) is 136 Å². The van der Waals surface area contributed by atoms with E-state index in [0.29, 0.717) is 41.5 Å². The number of halogens is 1. The Labute approximate surface area is 282 Å². The Balaban J connectivity index is 1.12. The van der Waals surface area contributed by atoms with Gasteiger partial charge in [0, 0.05) is 30.6 Å². The second-order valence-electron chi connectivity index (χ2n) is 11.9. The summed E-state index contributed by atoms with van der Waals surface area (Å²) in [6.07, 6.45) is 0.547. The average molecular weight is 657 g/mol. The number of fused-ring (bicyclic) bond motifs is 4. The lowest BCUT2D eigenvalue weighted by molar-refractivity contribution is 0.0981. The zero-order valence-corrected chi connectivity index (χ0v) is 27.6. The summed E-state index contributed by atoms with van der Waals surface area (Å²) in [5, 5.41) is 4.98. The Morgan fingerprint density at radius 3 is 2.58 bits per heavy atom. The molecule has 0 saturated heterocycles. The van der Waals surface area contributed by atoms with Crippen molar-refractivity contribution in [2.45, 2.75) is 19.9 Å².